The summed E-state index contributed by atoms with van der Waals surface area (Å²) < 4.78 is 6.14. The van der Waals surface area contributed by atoms with Gasteiger partial charge in [-0.05, 0) is 74.3 Å². The molecule has 2 atom stereocenters. The molecule has 1 aliphatic heterocycles. The monoisotopic (exact) mass is 258 g/mol. The lowest BCUT2D eigenvalue weighted by Gasteiger charge is -2.17. The first-order valence-corrected chi connectivity index (χ1v) is 7.19. The van der Waals surface area contributed by atoms with Gasteiger partial charge in [0.25, 0.3) is 0 Å². The Hall–Kier alpha value is -1.48. The Morgan fingerprint density at radius 2 is 2.32 bits per heavy atom. The van der Waals surface area contributed by atoms with Crippen molar-refractivity contribution >= 4 is 6.08 Å². The Bertz CT molecular complexity index is 470. The largest absolute Gasteiger partial charge is 0.490 e. The van der Waals surface area contributed by atoms with Gasteiger partial charge in [0.2, 0.25) is 0 Å². The molecule has 3 rings (SSSR count). The van der Waals surface area contributed by atoms with E-state index in [4.69, 9.17) is 4.74 Å². The molecule has 1 saturated carbocycles. The van der Waals surface area contributed by atoms with Crippen molar-refractivity contribution in [2.24, 2.45) is 5.92 Å². The number of benzene rings is 1. The van der Waals surface area contributed by atoms with Gasteiger partial charge in [-0.1, -0.05) is 6.07 Å². The quantitative estimate of drug-likeness (QED) is 0.870. The molecule has 3 nitrogen and oxygen atoms in total. The Kier molecular flexibility index (Phi) is 3.74. The molecule has 102 valence electrons. The Morgan fingerprint density at radius 3 is 3.21 bits per heavy atom. The van der Waals surface area contributed by atoms with Crippen molar-refractivity contribution in [2.75, 3.05) is 13.6 Å². The zero-order valence-corrected chi connectivity index (χ0v) is 11.5. The van der Waals surface area contributed by atoms with Crippen molar-refractivity contribution in [3.63, 3.8) is 0 Å². The van der Waals surface area contributed by atoms with E-state index >= 15 is 0 Å². The number of hydrogen-bond donors (Lipinski definition) is 2. The maximum Gasteiger partial charge on any atom is 0.120 e. The fraction of sp³-hybridized carbons (Fsp3) is 0.500. The molecule has 2 N–H and O–H groups in total. The van der Waals surface area contributed by atoms with Gasteiger partial charge in [-0.2, -0.15) is 0 Å². The number of hydrogen-bond acceptors (Lipinski definition) is 3. The Morgan fingerprint density at radius 1 is 1.37 bits per heavy atom. The minimum Gasteiger partial charge on any atom is -0.490 e. The molecule has 0 saturated heterocycles. The predicted octanol–water partition coefficient (Wildman–Crippen LogP) is 2.53. The van der Waals surface area contributed by atoms with Crippen LogP contribution in [0, 0.1) is 5.92 Å². The van der Waals surface area contributed by atoms with E-state index in [0.717, 1.165) is 24.8 Å². The molecule has 0 radical (unpaired) electrons. The van der Waals surface area contributed by atoms with Crippen molar-refractivity contribution < 1.29 is 4.74 Å². The molecule has 1 aromatic carbocycles. The molecular weight excluding hydrogens is 236 g/mol. The first-order chi connectivity index (χ1) is 9.35. The molecule has 1 aliphatic carbocycles. The highest BCUT2D eigenvalue weighted by Crippen LogP contribution is 2.30. The van der Waals surface area contributed by atoms with Gasteiger partial charge in [0.05, 0.1) is 6.10 Å². The molecule has 19 heavy (non-hydrogen) atoms. The van der Waals surface area contributed by atoms with Crippen LogP contribution in [0.25, 0.3) is 6.08 Å². The topological polar surface area (TPSA) is 33.3 Å². The number of rotatable bonds is 4. The zero-order chi connectivity index (χ0) is 13.1. The summed E-state index contributed by atoms with van der Waals surface area (Å²) in [7, 11) is 2.03. The zero-order valence-electron chi connectivity index (χ0n) is 11.5. The molecule has 0 aromatic heterocycles. The normalized spacial score (nSPS) is 24.9. The van der Waals surface area contributed by atoms with Crippen LogP contribution in [0.5, 0.6) is 5.75 Å². The highest BCUT2D eigenvalue weighted by atomic mass is 16.5. The van der Waals surface area contributed by atoms with Crippen LogP contribution in [0.1, 0.15) is 30.4 Å². The molecular formula is C16H22N2O. The number of fused-ring (bicyclic) bond motifs is 1. The van der Waals surface area contributed by atoms with Crippen molar-refractivity contribution in [1.82, 2.24) is 10.6 Å². The Labute approximate surface area is 115 Å². The number of ether oxygens (including phenoxy) is 1. The SMILES string of the molecule is CNC[C@@H]1CC[C@H](Oc2ccc3c(c2)C=CNC3)C1. The lowest BCUT2D eigenvalue weighted by Crippen LogP contribution is -2.19. The van der Waals surface area contributed by atoms with Crippen LogP contribution >= 0.6 is 0 Å². The molecule has 2 aliphatic rings. The molecule has 0 bridgehead atoms. The summed E-state index contributed by atoms with van der Waals surface area (Å²) in [5, 5.41) is 6.49. The minimum absolute atomic E-state index is 0.391. The van der Waals surface area contributed by atoms with E-state index in [1.54, 1.807) is 0 Å². The average Bonchev–Trinajstić information content (AvgIpc) is 2.86. The fourth-order valence-corrected chi connectivity index (χ4v) is 3.08. The molecule has 1 aromatic rings. The molecule has 0 unspecified atom stereocenters. The molecule has 1 fully saturated rings. The molecule has 0 amide bonds. The van der Waals surface area contributed by atoms with Gasteiger partial charge in [0.15, 0.2) is 0 Å². The van der Waals surface area contributed by atoms with Crippen LogP contribution in [0.3, 0.4) is 0 Å². The third-order valence-corrected chi connectivity index (χ3v) is 4.08. The van der Waals surface area contributed by atoms with Crippen LogP contribution in [0.2, 0.25) is 0 Å². The van der Waals surface area contributed by atoms with E-state index in [1.807, 2.05) is 13.2 Å². The van der Waals surface area contributed by atoms with E-state index in [2.05, 4.69) is 34.9 Å². The third-order valence-electron chi connectivity index (χ3n) is 4.08. The van der Waals surface area contributed by atoms with Gasteiger partial charge >= 0.3 is 0 Å². The van der Waals surface area contributed by atoms with Gasteiger partial charge in [0.1, 0.15) is 5.75 Å². The molecule has 3 heteroatoms. The highest BCUT2D eigenvalue weighted by Gasteiger charge is 2.25. The standard InChI is InChI=1S/C16H22N2O/c1-17-10-12-2-4-15(8-12)19-16-5-3-14-11-18-7-6-13(14)9-16/h3,5-7,9,12,15,17-18H,2,4,8,10-11H2,1H3/t12-,15+/m1/s1. The highest BCUT2D eigenvalue weighted by molar-refractivity contribution is 5.57. The van der Waals surface area contributed by atoms with Crippen LogP contribution in [0.4, 0.5) is 0 Å². The maximum absolute atomic E-state index is 6.14. The smallest absolute Gasteiger partial charge is 0.120 e. The molecule has 0 spiro atoms. The van der Waals surface area contributed by atoms with Crippen LogP contribution in [-0.4, -0.2) is 19.7 Å². The van der Waals surface area contributed by atoms with Gasteiger partial charge in [-0.15, -0.1) is 0 Å². The van der Waals surface area contributed by atoms with Crippen molar-refractivity contribution in [2.45, 2.75) is 31.9 Å². The van der Waals surface area contributed by atoms with E-state index in [9.17, 15) is 0 Å². The van der Waals surface area contributed by atoms with Gasteiger partial charge in [0, 0.05) is 6.54 Å². The first-order valence-electron chi connectivity index (χ1n) is 7.19. The summed E-state index contributed by atoms with van der Waals surface area (Å²) in [4.78, 5) is 0. The van der Waals surface area contributed by atoms with E-state index in [-0.39, 0.29) is 0 Å². The predicted molar refractivity (Wildman–Crippen MR) is 78.0 cm³/mol. The maximum atomic E-state index is 6.14. The summed E-state index contributed by atoms with van der Waals surface area (Å²) in [6, 6.07) is 6.43. The summed E-state index contributed by atoms with van der Waals surface area (Å²) in [5.74, 6) is 1.79. The second-order valence-electron chi connectivity index (χ2n) is 5.55. The van der Waals surface area contributed by atoms with E-state index in [1.165, 1.54) is 30.4 Å². The second-order valence-corrected chi connectivity index (χ2v) is 5.55. The number of nitrogens with one attached hydrogen (secondary N) is 2. The van der Waals surface area contributed by atoms with Gasteiger partial charge in [-0.3, -0.25) is 0 Å². The molecule has 1 heterocycles. The Balaban J connectivity index is 1.63. The lowest BCUT2D eigenvalue weighted by atomic mass is 10.0. The summed E-state index contributed by atoms with van der Waals surface area (Å²) in [6.07, 6.45) is 8.15. The van der Waals surface area contributed by atoms with Crippen molar-refractivity contribution in [3.8, 4) is 5.75 Å². The summed E-state index contributed by atoms with van der Waals surface area (Å²) in [6.45, 7) is 2.03. The first kappa shape index (κ1) is 12.5. The fourth-order valence-electron chi connectivity index (χ4n) is 3.08. The lowest BCUT2D eigenvalue weighted by molar-refractivity contribution is 0.204. The van der Waals surface area contributed by atoms with E-state index < -0.39 is 0 Å². The van der Waals surface area contributed by atoms with Crippen molar-refractivity contribution in [1.29, 1.82) is 0 Å². The average molecular weight is 258 g/mol. The third kappa shape index (κ3) is 2.92. The van der Waals surface area contributed by atoms with Gasteiger partial charge in [-0.25, -0.2) is 0 Å². The summed E-state index contributed by atoms with van der Waals surface area (Å²) in [5.41, 5.74) is 2.62. The summed E-state index contributed by atoms with van der Waals surface area (Å²) >= 11 is 0. The van der Waals surface area contributed by atoms with Gasteiger partial charge < -0.3 is 15.4 Å². The van der Waals surface area contributed by atoms with E-state index in [0.29, 0.717) is 6.10 Å². The second kappa shape index (κ2) is 5.66. The van der Waals surface area contributed by atoms with Crippen LogP contribution in [-0.2, 0) is 6.54 Å². The minimum atomic E-state index is 0.391. The van der Waals surface area contributed by atoms with Crippen LogP contribution < -0.4 is 15.4 Å². The van der Waals surface area contributed by atoms with Crippen LogP contribution in [0.15, 0.2) is 24.4 Å². The van der Waals surface area contributed by atoms with Crippen molar-refractivity contribution in [3.05, 3.63) is 35.5 Å².